The summed E-state index contributed by atoms with van der Waals surface area (Å²) >= 11 is 7.02. The summed E-state index contributed by atoms with van der Waals surface area (Å²) in [5.41, 5.74) is 0. The zero-order valence-electron chi connectivity index (χ0n) is 12.6. The standard InChI is InChI=1S/C15H26N2OS2/c1-12-3-7-16(8-4-12)14(18)11-20-15(19)17-9-5-13(2)6-10-17/h12-13H,3-11H2,1-2H3. The lowest BCUT2D eigenvalue weighted by atomic mass is 9.99. The highest BCUT2D eigenvalue weighted by molar-refractivity contribution is 8.23. The summed E-state index contributed by atoms with van der Waals surface area (Å²) in [6.45, 7) is 8.53. The van der Waals surface area contributed by atoms with E-state index in [4.69, 9.17) is 12.2 Å². The van der Waals surface area contributed by atoms with Crippen molar-refractivity contribution in [3.05, 3.63) is 0 Å². The summed E-state index contributed by atoms with van der Waals surface area (Å²) in [5, 5.41) is 0. The highest BCUT2D eigenvalue weighted by Crippen LogP contribution is 2.21. The van der Waals surface area contributed by atoms with Crippen LogP contribution in [0.25, 0.3) is 0 Å². The third-order valence-corrected chi connectivity index (χ3v) is 6.01. The fraction of sp³-hybridized carbons (Fsp3) is 0.867. The van der Waals surface area contributed by atoms with Crippen LogP contribution in [0.1, 0.15) is 39.5 Å². The molecule has 2 saturated heterocycles. The minimum absolute atomic E-state index is 0.259. The predicted molar refractivity (Wildman–Crippen MR) is 90.0 cm³/mol. The molecule has 2 fully saturated rings. The summed E-state index contributed by atoms with van der Waals surface area (Å²) in [7, 11) is 0. The van der Waals surface area contributed by atoms with E-state index in [1.54, 1.807) is 11.8 Å². The molecular weight excluding hydrogens is 288 g/mol. The molecule has 0 saturated carbocycles. The van der Waals surface area contributed by atoms with Crippen LogP contribution in [-0.4, -0.2) is 52.0 Å². The quantitative estimate of drug-likeness (QED) is 0.731. The molecule has 0 atom stereocenters. The van der Waals surface area contributed by atoms with Crippen LogP contribution in [-0.2, 0) is 4.79 Å². The van der Waals surface area contributed by atoms with E-state index in [0.717, 1.165) is 55.2 Å². The molecule has 2 aliphatic heterocycles. The van der Waals surface area contributed by atoms with Crippen LogP contribution < -0.4 is 0 Å². The van der Waals surface area contributed by atoms with Crippen molar-refractivity contribution in [3.63, 3.8) is 0 Å². The van der Waals surface area contributed by atoms with Gasteiger partial charge in [0, 0.05) is 26.2 Å². The third kappa shape index (κ3) is 4.62. The van der Waals surface area contributed by atoms with Gasteiger partial charge in [-0.3, -0.25) is 4.79 Å². The first-order valence-corrected chi connectivity index (χ1v) is 9.15. The first-order valence-electron chi connectivity index (χ1n) is 7.75. The molecule has 0 aliphatic carbocycles. The number of hydrogen-bond acceptors (Lipinski definition) is 3. The van der Waals surface area contributed by atoms with Crippen LogP contribution in [0.5, 0.6) is 0 Å². The Balaban J connectivity index is 1.69. The minimum atomic E-state index is 0.259. The van der Waals surface area contributed by atoms with E-state index < -0.39 is 0 Å². The smallest absolute Gasteiger partial charge is 0.233 e. The molecular formula is C15H26N2OS2. The molecule has 2 rings (SSSR count). The van der Waals surface area contributed by atoms with Crippen LogP contribution in [0.4, 0.5) is 0 Å². The van der Waals surface area contributed by atoms with E-state index in [2.05, 4.69) is 18.7 Å². The Morgan fingerprint density at radius 2 is 1.45 bits per heavy atom. The summed E-state index contributed by atoms with van der Waals surface area (Å²) in [4.78, 5) is 16.4. The summed E-state index contributed by atoms with van der Waals surface area (Å²) in [6, 6.07) is 0. The van der Waals surface area contributed by atoms with Crippen LogP contribution in [0.3, 0.4) is 0 Å². The number of thiocarbonyl (C=S) groups is 1. The average Bonchev–Trinajstić information content (AvgIpc) is 2.46. The van der Waals surface area contributed by atoms with Gasteiger partial charge in [0.05, 0.1) is 5.75 Å². The molecule has 0 aromatic carbocycles. The summed E-state index contributed by atoms with van der Waals surface area (Å²) < 4.78 is 0.913. The lowest BCUT2D eigenvalue weighted by Gasteiger charge is -2.33. The Morgan fingerprint density at radius 1 is 1.00 bits per heavy atom. The van der Waals surface area contributed by atoms with Crippen molar-refractivity contribution in [2.75, 3.05) is 31.9 Å². The lowest BCUT2D eigenvalue weighted by Crippen LogP contribution is -2.40. The number of thioether (sulfide) groups is 1. The number of carbonyl (C=O) groups excluding carboxylic acids is 1. The van der Waals surface area contributed by atoms with Crippen molar-refractivity contribution in [3.8, 4) is 0 Å². The number of nitrogens with zero attached hydrogens (tertiary/aromatic N) is 2. The molecule has 2 aliphatic rings. The summed E-state index contributed by atoms with van der Waals surface area (Å²) in [6.07, 6.45) is 4.73. The number of hydrogen-bond donors (Lipinski definition) is 0. The maximum Gasteiger partial charge on any atom is 0.233 e. The molecule has 0 aromatic rings. The van der Waals surface area contributed by atoms with E-state index in [1.807, 2.05) is 4.90 Å². The van der Waals surface area contributed by atoms with Gasteiger partial charge in [0.1, 0.15) is 4.32 Å². The molecule has 2 heterocycles. The molecule has 5 heteroatoms. The van der Waals surface area contributed by atoms with Crippen LogP contribution >= 0.6 is 24.0 Å². The third-order valence-electron chi connectivity index (χ3n) is 4.50. The van der Waals surface area contributed by atoms with E-state index >= 15 is 0 Å². The molecule has 0 N–H and O–H groups in total. The van der Waals surface area contributed by atoms with E-state index in [-0.39, 0.29) is 5.91 Å². The van der Waals surface area contributed by atoms with Crippen molar-refractivity contribution in [2.45, 2.75) is 39.5 Å². The number of rotatable bonds is 2. The second kappa shape index (κ2) is 7.64. The Morgan fingerprint density at radius 3 is 1.95 bits per heavy atom. The van der Waals surface area contributed by atoms with Gasteiger partial charge in [-0.05, 0) is 37.5 Å². The zero-order valence-corrected chi connectivity index (χ0v) is 14.3. The lowest BCUT2D eigenvalue weighted by molar-refractivity contribution is -0.129. The van der Waals surface area contributed by atoms with Gasteiger partial charge in [-0.15, -0.1) is 0 Å². The number of carbonyl (C=O) groups is 1. The van der Waals surface area contributed by atoms with Gasteiger partial charge < -0.3 is 9.80 Å². The number of amides is 1. The minimum Gasteiger partial charge on any atom is -0.357 e. The van der Waals surface area contributed by atoms with Gasteiger partial charge in [-0.2, -0.15) is 0 Å². The van der Waals surface area contributed by atoms with Crippen molar-refractivity contribution < 1.29 is 4.79 Å². The molecule has 0 bridgehead atoms. The fourth-order valence-electron chi connectivity index (χ4n) is 2.76. The molecule has 1 amide bonds. The van der Waals surface area contributed by atoms with Gasteiger partial charge in [0.2, 0.25) is 5.91 Å². The van der Waals surface area contributed by atoms with E-state index in [9.17, 15) is 4.79 Å². The largest absolute Gasteiger partial charge is 0.357 e. The first kappa shape index (κ1) is 16.1. The molecule has 0 radical (unpaired) electrons. The van der Waals surface area contributed by atoms with Crippen molar-refractivity contribution in [2.24, 2.45) is 11.8 Å². The van der Waals surface area contributed by atoms with E-state index in [0.29, 0.717) is 5.75 Å². The van der Waals surface area contributed by atoms with Crippen molar-refractivity contribution >= 4 is 34.2 Å². The maximum atomic E-state index is 12.2. The van der Waals surface area contributed by atoms with Gasteiger partial charge in [0.25, 0.3) is 0 Å². The SMILES string of the molecule is CC1CCN(C(=O)CSC(=S)N2CCC(C)CC2)CC1. The van der Waals surface area contributed by atoms with Gasteiger partial charge >= 0.3 is 0 Å². The Bertz CT molecular complexity index is 312. The highest BCUT2D eigenvalue weighted by atomic mass is 32.2. The highest BCUT2D eigenvalue weighted by Gasteiger charge is 2.22. The first-order chi connectivity index (χ1) is 9.56. The van der Waals surface area contributed by atoms with Gasteiger partial charge in [0.15, 0.2) is 0 Å². The van der Waals surface area contributed by atoms with Crippen LogP contribution in [0.2, 0.25) is 0 Å². The Kier molecular flexibility index (Phi) is 6.15. The molecule has 0 spiro atoms. The summed E-state index contributed by atoms with van der Waals surface area (Å²) in [5.74, 6) is 2.35. The second-order valence-electron chi connectivity index (χ2n) is 6.29. The van der Waals surface area contributed by atoms with Crippen LogP contribution in [0, 0.1) is 11.8 Å². The van der Waals surface area contributed by atoms with Crippen molar-refractivity contribution in [1.82, 2.24) is 9.80 Å². The monoisotopic (exact) mass is 314 g/mol. The number of likely N-dealkylation sites (tertiary alicyclic amines) is 2. The molecule has 3 nitrogen and oxygen atoms in total. The maximum absolute atomic E-state index is 12.2. The molecule has 0 aromatic heterocycles. The second-order valence-corrected chi connectivity index (χ2v) is 7.90. The molecule has 0 unspecified atom stereocenters. The Labute approximate surface area is 132 Å². The van der Waals surface area contributed by atoms with Crippen LogP contribution in [0.15, 0.2) is 0 Å². The van der Waals surface area contributed by atoms with Crippen molar-refractivity contribution in [1.29, 1.82) is 0 Å². The van der Waals surface area contributed by atoms with Gasteiger partial charge in [-0.25, -0.2) is 0 Å². The fourth-order valence-corrected chi connectivity index (χ4v) is 3.91. The Hall–Kier alpha value is -0.290. The molecule has 114 valence electrons. The number of piperidine rings is 2. The van der Waals surface area contributed by atoms with Gasteiger partial charge in [-0.1, -0.05) is 37.8 Å². The zero-order chi connectivity index (χ0) is 14.5. The molecule has 20 heavy (non-hydrogen) atoms. The predicted octanol–water partition coefficient (Wildman–Crippen LogP) is 2.99. The average molecular weight is 315 g/mol. The topological polar surface area (TPSA) is 23.6 Å². The normalized spacial score (nSPS) is 22.1. The van der Waals surface area contributed by atoms with E-state index in [1.165, 1.54) is 12.8 Å².